The van der Waals surface area contributed by atoms with E-state index in [1.54, 1.807) is 26.0 Å². The van der Waals surface area contributed by atoms with Crippen LogP contribution < -0.4 is 10.9 Å². The quantitative estimate of drug-likeness (QED) is 0.600. The van der Waals surface area contributed by atoms with Gasteiger partial charge >= 0.3 is 0 Å². The second-order valence-electron chi connectivity index (χ2n) is 4.99. The monoisotopic (exact) mass is 298 g/mol. The van der Waals surface area contributed by atoms with Gasteiger partial charge in [0, 0.05) is 23.7 Å². The van der Waals surface area contributed by atoms with Crippen LogP contribution in [-0.2, 0) is 6.54 Å². The second kappa shape index (κ2) is 5.73. The first kappa shape index (κ1) is 16.3. The molecule has 0 aliphatic carbocycles. The zero-order valence-electron chi connectivity index (χ0n) is 11.7. The predicted molar refractivity (Wildman–Crippen MR) is 82.7 cm³/mol. The van der Waals surface area contributed by atoms with Gasteiger partial charge in [-0.05, 0) is 39.0 Å². The maximum absolute atomic E-state index is 11.8. The molecule has 0 aliphatic rings. The molecular formula is C14H19ClN2O3. The Morgan fingerprint density at radius 3 is 2.45 bits per heavy atom. The lowest BCUT2D eigenvalue weighted by molar-refractivity contribution is 0.112. The smallest absolute Gasteiger partial charge is 0.251 e. The molecule has 1 aromatic heterocycles. The van der Waals surface area contributed by atoms with Gasteiger partial charge in [0.05, 0.1) is 5.52 Å². The van der Waals surface area contributed by atoms with Crippen LogP contribution in [0.4, 0.5) is 5.69 Å². The van der Waals surface area contributed by atoms with Crippen molar-refractivity contribution in [1.29, 1.82) is 0 Å². The van der Waals surface area contributed by atoms with E-state index in [-0.39, 0.29) is 23.7 Å². The fraction of sp³-hybridized carbons (Fsp3) is 0.357. The molecule has 0 spiro atoms. The number of nitrogens with one attached hydrogen (secondary N) is 1. The van der Waals surface area contributed by atoms with Gasteiger partial charge in [0.25, 0.3) is 5.56 Å². The summed E-state index contributed by atoms with van der Waals surface area (Å²) in [5.74, 6) is 0.0517. The molecule has 2 aromatic rings. The molecule has 3 N–H and O–H groups in total. The Morgan fingerprint density at radius 1 is 1.25 bits per heavy atom. The molecular weight excluding hydrogens is 280 g/mol. The topological polar surface area (TPSA) is 74.5 Å². The van der Waals surface area contributed by atoms with Gasteiger partial charge in [-0.2, -0.15) is 0 Å². The fourth-order valence-electron chi connectivity index (χ4n) is 2.16. The highest BCUT2D eigenvalue weighted by Gasteiger charge is 2.16. The standard InChI is InChI=1S/C14H18N2O3.ClH/c1-4-16-12(18)8-5-9-10(15-14(2,3)19)6-7-11(17)13(9)16;/h5-8,15,17,19H,4H2,1-3H3;1H. The summed E-state index contributed by atoms with van der Waals surface area (Å²) >= 11 is 0. The Bertz CT molecular complexity index is 674. The molecule has 20 heavy (non-hydrogen) atoms. The zero-order valence-corrected chi connectivity index (χ0v) is 12.5. The molecule has 2 rings (SSSR count). The van der Waals surface area contributed by atoms with E-state index in [2.05, 4.69) is 5.32 Å². The van der Waals surface area contributed by atoms with Gasteiger partial charge in [-0.15, -0.1) is 12.4 Å². The number of aryl methyl sites for hydroxylation is 1. The molecule has 110 valence electrons. The number of nitrogens with zero attached hydrogens (tertiary/aromatic N) is 1. The average molecular weight is 299 g/mol. The first-order chi connectivity index (χ1) is 8.83. The molecule has 0 bridgehead atoms. The first-order valence-electron chi connectivity index (χ1n) is 6.19. The van der Waals surface area contributed by atoms with E-state index >= 15 is 0 Å². The third-order valence-corrected chi connectivity index (χ3v) is 2.88. The van der Waals surface area contributed by atoms with Crippen molar-refractivity contribution < 1.29 is 10.2 Å². The van der Waals surface area contributed by atoms with Crippen molar-refractivity contribution in [3.05, 3.63) is 34.6 Å². The number of phenolic OH excluding ortho intramolecular Hbond substituents is 1. The normalized spacial score (nSPS) is 11.2. The maximum Gasteiger partial charge on any atom is 0.251 e. The van der Waals surface area contributed by atoms with E-state index < -0.39 is 5.72 Å². The number of aromatic nitrogens is 1. The summed E-state index contributed by atoms with van der Waals surface area (Å²) in [4.78, 5) is 11.8. The summed E-state index contributed by atoms with van der Waals surface area (Å²) in [6, 6.07) is 6.31. The number of halogens is 1. The number of fused-ring (bicyclic) bond motifs is 1. The molecule has 0 fully saturated rings. The summed E-state index contributed by atoms with van der Waals surface area (Å²) in [7, 11) is 0. The van der Waals surface area contributed by atoms with Gasteiger partial charge in [-0.25, -0.2) is 0 Å². The zero-order chi connectivity index (χ0) is 14.2. The van der Waals surface area contributed by atoms with Crippen molar-refractivity contribution >= 4 is 29.0 Å². The molecule has 0 unspecified atom stereocenters. The number of phenols is 1. The average Bonchev–Trinajstić information content (AvgIpc) is 2.31. The van der Waals surface area contributed by atoms with Crippen LogP contribution in [0.25, 0.3) is 10.9 Å². The number of anilines is 1. The van der Waals surface area contributed by atoms with Gasteiger partial charge < -0.3 is 20.1 Å². The van der Waals surface area contributed by atoms with E-state index in [0.717, 1.165) is 0 Å². The molecule has 0 atom stereocenters. The molecule has 1 aromatic carbocycles. The van der Waals surface area contributed by atoms with Crippen LogP contribution >= 0.6 is 12.4 Å². The Hall–Kier alpha value is -1.72. The van der Waals surface area contributed by atoms with Gasteiger partial charge in [0.2, 0.25) is 0 Å². The highest BCUT2D eigenvalue weighted by molar-refractivity contribution is 5.95. The van der Waals surface area contributed by atoms with Crippen molar-refractivity contribution in [2.45, 2.75) is 33.0 Å². The molecule has 0 radical (unpaired) electrons. The van der Waals surface area contributed by atoms with Crippen LogP contribution in [0.2, 0.25) is 0 Å². The Kier molecular flexibility index (Phi) is 4.68. The molecule has 0 aliphatic heterocycles. The van der Waals surface area contributed by atoms with Gasteiger partial charge in [-0.3, -0.25) is 4.79 Å². The van der Waals surface area contributed by atoms with Crippen LogP contribution in [0.3, 0.4) is 0 Å². The lowest BCUT2D eigenvalue weighted by Crippen LogP contribution is -2.30. The van der Waals surface area contributed by atoms with Crippen molar-refractivity contribution in [3.8, 4) is 5.75 Å². The number of aromatic hydroxyl groups is 1. The lowest BCUT2D eigenvalue weighted by atomic mass is 10.1. The van der Waals surface area contributed by atoms with Crippen LogP contribution in [0.5, 0.6) is 5.75 Å². The number of hydrogen-bond acceptors (Lipinski definition) is 4. The van der Waals surface area contributed by atoms with E-state index in [1.165, 1.54) is 16.7 Å². The van der Waals surface area contributed by atoms with Crippen LogP contribution in [-0.4, -0.2) is 20.5 Å². The lowest BCUT2D eigenvalue weighted by Gasteiger charge is -2.22. The third kappa shape index (κ3) is 3.05. The van der Waals surface area contributed by atoms with Gasteiger partial charge in [0.15, 0.2) is 0 Å². The van der Waals surface area contributed by atoms with E-state index in [4.69, 9.17) is 0 Å². The Morgan fingerprint density at radius 2 is 1.90 bits per heavy atom. The van der Waals surface area contributed by atoms with Gasteiger partial charge in [-0.1, -0.05) is 0 Å². The van der Waals surface area contributed by atoms with E-state index in [0.29, 0.717) is 23.1 Å². The minimum absolute atomic E-state index is 0. The van der Waals surface area contributed by atoms with E-state index in [1.807, 2.05) is 6.92 Å². The van der Waals surface area contributed by atoms with Crippen molar-refractivity contribution in [1.82, 2.24) is 4.57 Å². The molecule has 1 heterocycles. The molecule has 6 heteroatoms. The minimum Gasteiger partial charge on any atom is -0.506 e. The molecule has 0 saturated carbocycles. The number of hydrogen-bond donors (Lipinski definition) is 3. The van der Waals surface area contributed by atoms with Crippen LogP contribution in [0.1, 0.15) is 20.8 Å². The summed E-state index contributed by atoms with van der Waals surface area (Å²) < 4.78 is 1.50. The third-order valence-electron chi connectivity index (χ3n) is 2.88. The van der Waals surface area contributed by atoms with Crippen molar-refractivity contribution in [3.63, 3.8) is 0 Å². The van der Waals surface area contributed by atoms with E-state index in [9.17, 15) is 15.0 Å². The van der Waals surface area contributed by atoms with Crippen LogP contribution in [0, 0.1) is 0 Å². The summed E-state index contributed by atoms with van der Waals surface area (Å²) in [6.45, 7) is 5.56. The molecule has 0 amide bonds. The number of rotatable bonds is 3. The largest absolute Gasteiger partial charge is 0.506 e. The number of aliphatic hydroxyl groups is 1. The Balaban J connectivity index is 0.00000200. The molecule has 5 nitrogen and oxygen atoms in total. The van der Waals surface area contributed by atoms with Gasteiger partial charge in [0.1, 0.15) is 11.5 Å². The number of benzene rings is 1. The highest BCUT2D eigenvalue weighted by atomic mass is 35.5. The summed E-state index contributed by atoms with van der Waals surface area (Å²) in [5.41, 5.74) is -0.102. The maximum atomic E-state index is 11.8. The summed E-state index contributed by atoms with van der Waals surface area (Å²) in [6.07, 6.45) is 0. The fourth-order valence-corrected chi connectivity index (χ4v) is 2.16. The summed E-state index contributed by atoms with van der Waals surface area (Å²) in [5, 5.41) is 23.5. The predicted octanol–water partition coefficient (Wildman–Crippen LogP) is 2.29. The van der Waals surface area contributed by atoms with Crippen LogP contribution in [0.15, 0.2) is 29.1 Å². The minimum atomic E-state index is -1.09. The Labute approximate surface area is 123 Å². The van der Waals surface area contributed by atoms with Crippen molar-refractivity contribution in [2.24, 2.45) is 0 Å². The molecule has 0 saturated heterocycles. The first-order valence-corrected chi connectivity index (χ1v) is 6.19. The second-order valence-corrected chi connectivity index (χ2v) is 4.99. The number of pyridine rings is 1. The highest BCUT2D eigenvalue weighted by Crippen LogP contribution is 2.31. The SMILES string of the molecule is CCn1c(=O)ccc2c(NC(C)(C)O)ccc(O)c21.Cl. The van der Waals surface area contributed by atoms with Crippen molar-refractivity contribution in [2.75, 3.05) is 5.32 Å².